The van der Waals surface area contributed by atoms with Gasteiger partial charge in [0.15, 0.2) is 0 Å². The molecule has 0 unspecified atom stereocenters. The van der Waals surface area contributed by atoms with Crippen molar-refractivity contribution in [3.05, 3.63) is 60.2 Å². The fourth-order valence-corrected chi connectivity index (χ4v) is 3.09. The Morgan fingerprint density at radius 3 is 2.38 bits per heavy atom. The quantitative estimate of drug-likeness (QED) is 0.620. The molecule has 2 amide bonds. The first-order valence-electron chi connectivity index (χ1n) is 7.97. The van der Waals surface area contributed by atoms with E-state index in [1.54, 1.807) is 54.6 Å². The van der Waals surface area contributed by atoms with Crippen molar-refractivity contribution in [1.82, 2.24) is 0 Å². The fraction of sp³-hybridized carbons (Fsp3) is 0.158. The van der Waals surface area contributed by atoms with Gasteiger partial charge in [-0.15, -0.1) is 0 Å². The van der Waals surface area contributed by atoms with Crippen molar-refractivity contribution in [2.45, 2.75) is 6.10 Å². The second kappa shape index (κ2) is 6.11. The number of carbonyl (C=O) groups is 3. The molecule has 2 aliphatic heterocycles. The van der Waals surface area contributed by atoms with Crippen LogP contribution >= 0.6 is 0 Å². The van der Waals surface area contributed by atoms with E-state index in [9.17, 15) is 14.4 Å². The summed E-state index contributed by atoms with van der Waals surface area (Å²) in [7, 11) is 1.53. The average Bonchev–Trinajstić information content (AvgIpc) is 3.22. The third kappa shape index (κ3) is 2.36. The maximum absolute atomic E-state index is 12.9. The van der Waals surface area contributed by atoms with E-state index in [1.807, 2.05) is 0 Å². The Labute approximate surface area is 148 Å². The number of anilines is 1. The van der Waals surface area contributed by atoms with Crippen LogP contribution < -0.4 is 9.64 Å². The molecule has 1 fully saturated rings. The van der Waals surface area contributed by atoms with E-state index in [2.05, 4.69) is 5.16 Å². The first-order valence-corrected chi connectivity index (χ1v) is 7.97. The molecule has 0 bridgehead atoms. The van der Waals surface area contributed by atoms with Crippen molar-refractivity contribution >= 4 is 29.0 Å². The van der Waals surface area contributed by atoms with Crippen LogP contribution in [0.5, 0.6) is 5.75 Å². The molecular formula is C19H14N2O5. The predicted octanol–water partition coefficient (Wildman–Crippen LogP) is 1.82. The zero-order chi connectivity index (χ0) is 18.3. The highest BCUT2D eigenvalue weighted by Gasteiger charge is 2.57. The van der Waals surface area contributed by atoms with Gasteiger partial charge in [0.2, 0.25) is 17.8 Å². The first kappa shape index (κ1) is 16.0. The summed E-state index contributed by atoms with van der Waals surface area (Å²) in [5.74, 6) is -1.91. The van der Waals surface area contributed by atoms with Crippen molar-refractivity contribution in [2.75, 3.05) is 12.0 Å². The second-order valence-corrected chi connectivity index (χ2v) is 5.89. The molecule has 0 N–H and O–H groups in total. The van der Waals surface area contributed by atoms with Crippen LogP contribution in [-0.4, -0.2) is 36.5 Å². The molecular weight excluding hydrogens is 336 g/mol. The van der Waals surface area contributed by atoms with E-state index >= 15 is 0 Å². The number of benzene rings is 2. The number of ether oxygens (including phenoxy) is 1. The number of amides is 2. The molecule has 26 heavy (non-hydrogen) atoms. The topological polar surface area (TPSA) is 85.3 Å². The number of rotatable bonds is 4. The minimum absolute atomic E-state index is 0.0458. The SMILES string of the molecule is COc1ccc(N2C(=O)[C@@H]3C(C(=O)c4ccccc4)=NO[C@H]3C2=O)cc1. The van der Waals surface area contributed by atoms with Gasteiger partial charge in [-0.1, -0.05) is 35.5 Å². The van der Waals surface area contributed by atoms with E-state index in [-0.39, 0.29) is 5.71 Å². The molecule has 130 valence electrons. The minimum atomic E-state index is -1.10. The summed E-state index contributed by atoms with van der Waals surface area (Å²) < 4.78 is 5.08. The fourth-order valence-electron chi connectivity index (χ4n) is 3.09. The van der Waals surface area contributed by atoms with Crippen LogP contribution in [0.1, 0.15) is 10.4 Å². The van der Waals surface area contributed by atoms with Gasteiger partial charge >= 0.3 is 0 Å². The molecule has 1 saturated heterocycles. The Hall–Kier alpha value is -3.48. The zero-order valence-corrected chi connectivity index (χ0v) is 13.8. The van der Waals surface area contributed by atoms with Crippen LogP contribution in [-0.2, 0) is 14.4 Å². The van der Waals surface area contributed by atoms with Crippen molar-refractivity contribution < 1.29 is 24.0 Å². The van der Waals surface area contributed by atoms with E-state index in [0.717, 1.165) is 4.90 Å². The highest BCUT2D eigenvalue weighted by atomic mass is 16.7. The number of hydrogen-bond donors (Lipinski definition) is 0. The van der Waals surface area contributed by atoms with Gasteiger partial charge in [0.25, 0.3) is 5.91 Å². The molecule has 0 saturated carbocycles. The number of Topliss-reactive ketones (excluding diaryl/α,β-unsaturated/α-hetero) is 1. The summed E-state index contributed by atoms with van der Waals surface area (Å²) in [6.45, 7) is 0. The largest absolute Gasteiger partial charge is 0.497 e. The van der Waals surface area contributed by atoms with Gasteiger partial charge in [0.1, 0.15) is 17.4 Å². The lowest BCUT2D eigenvalue weighted by molar-refractivity contribution is -0.126. The number of methoxy groups -OCH3 is 1. The highest BCUT2D eigenvalue weighted by Crippen LogP contribution is 2.34. The Morgan fingerprint density at radius 1 is 1.04 bits per heavy atom. The number of fused-ring (bicyclic) bond motifs is 1. The molecule has 0 spiro atoms. The maximum atomic E-state index is 12.9. The molecule has 2 heterocycles. The van der Waals surface area contributed by atoms with Crippen LogP contribution in [0.3, 0.4) is 0 Å². The number of ketones is 1. The summed E-state index contributed by atoms with van der Waals surface area (Å²) in [6.07, 6.45) is -1.10. The van der Waals surface area contributed by atoms with Crippen molar-refractivity contribution in [3.8, 4) is 5.75 Å². The monoisotopic (exact) mass is 350 g/mol. The van der Waals surface area contributed by atoms with Crippen LogP contribution in [0.4, 0.5) is 5.69 Å². The van der Waals surface area contributed by atoms with Gasteiger partial charge in [-0.25, -0.2) is 4.90 Å². The smallest absolute Gasteiger partial charge is 0.278 e. The van der Waals surface area contributed by atoms with E-state index in [0.29, 0.717) is 17.0 Å². The van der Waals surface area contributed by atoms with Crippen molar-refractivity contribution in [3.63, 3.8) is 0 Å². The molecule has 0 radical (unpaired) electrons. The molecule has 2 aromatic carbocycles. The molecule has 0 aromatic heterocycles. The van der Waals surface area contributed by atoms with Crippen LogP contribution in [0, 0.1) is 5.92 Å². The molecule has 2 aromatic rings. The van der Waals surface area contributed by atoms with Crippen molar-refractivity contribution in [1.29, 1.82) is 0 Å². The lowest BCUT2D eigenvalue weighted by Crippen LogP contribution is -2.34. The minimum Gasteiger partial charge on any atom is -0.497 e. The van der Waals surface area contributed by atoms with Crippen LogP contribution in [0.15, 0.2) is 59.8 Å². The molecule has 7 nitrogen and oxygen atoms in total. The van der Waals surface area contributed by atoms with E-state index < -0.39 is 29.6 Å². The van der Waals surface area contributed by atoms with Gasteiger partial charge in [-0.2, -0.15) is 0 Å². The summed E-state index contributed by atoms with van der Waals surface area (Å²) in [4.78, 5) is 44.3. The van der Waals surface area contributed by atoms with Gasteiger partial charge in [-0.3, -0.25) is 14.4 Å². The maximum Gasteiger partial charge on any atom is 0.278 e. The number of oxime groups is 1. The zero-order valence-electron chi connectivity index (χ0n) is 13.8. The van der Waals surface area contributed by atoms with Gasteiger partial charge in [0.05, 0.1) is 12.8 Å². The van der Waals surface area contributed by atoms with Crippen LogP contribution in [0.2, 0.25) is 0 Å². The molecule has 4 rings (SSSR count). The molecule has 7 heteroatoms. The summed E-state index contributed by atoms with van der Waals surface area (Å²) in [5, 5.41) is 3.73. The summed E-state index contributed by atoms with van der Waals surface area (Å²) in [6, 6.07) is 15.0. The third-order valence-corrected chi connectivity index (χ3v) is 4.41. The average molecular weight is 350 g/mol. The Bertz CT molecular complexity index is 921. The number of imide groups is 1. The van der Waals surface area contributed by atoms with Gasteiger partial charge < -0.3 is 9.57 Å². The number of nitrogens with zero attached hydrogens (tertiary/aromatic N) is 2. The number of carbonyl (C=O) groups excluding carboxylic acids is 3. The lowest BCUT2D eigenvalue weighted by atomic mass is 9.93. The van der Waals surface area contributed by atoms with Crippen molar-refractivity contribution in [2.24, 2.45) is 11.1 Å². The standard InChI is InChI=1S/C19H14N2O5/c1-25-13-9-7-12(8-10-13)21-18(23)14-15(20-26-17(14)19(21)24)16(22)11-5-3-2-4-6-11/h2-10,14,17H,1H3/t14-,17-/m1/s1. The van der Waals surface area contributed by atoms with Gasteiger partial charge in [-0.05, 0) is 24.3 Å². The highest BCUT2D eigenvalue weighted by molar-refractivity contribution is 6.52. The second-order valence-electron chi connectivity index (χ2n) is 5.89. The van der Waals surface area contributed by atoms with E-state index in [4.69, 9.17) is 9.57 Å². The van der Waals surface area contributed by atoms with Gasteiger partial charge in [0, 0.05) is 5.56 Å². The normalized spacial score (nSPS) is 21.3. The Morgan fingerprint density at radius 2 is 1.73 bits per heavy atom. The third-order valence-electron chi connectivity index (χ3n) is 4.41. The van der Waals surface area contributed by atoms with E-state index in [1.165, 1.54) is 7.11 Å². The Kier molecular flexibility index (Phi) is 3.76. The lowest BCUT2D eigenvalue weighted by Gasteiger charge is -2.15. The van der Waals surface area contributed by atoms with Crippen LogP contribution in [0.25, 0.3) is 0 Å². The summed E-state index contributed by atoms with van der Waals surface area (Å²) >= 11 is 0. The first-order chi connectivity index (χ1) is 12.6. The summed E-state index contributed by atoms with van der Waals surface area (Å²) in [5.41, 5.74) is 0.736. The molecule has 0 aliphatic carbocycles. The molecule has 2 atom stereocenters. The molecule has 2 aliphatic rings. The number of hydrogen-bond acceptors (Lipinski definition) is 6. The predicted molar refractivity (Wildman–Crippen MR) is 92.1 cm³/mol. The Balaban J connectivity index is 1.64.